The second-order valence-electron chi connectivity index (χ2n) is 7.16. The van der Waals surface area contributed by atoms with Crippen LogP contribution in [0.2, 0.25) is 5.02 Å². The number of carbonyl (C=O) groups excluding carboxylic acids is 1. The van der Waals surface area contributed by atoms with E-state index in [9.17, 15) is 4.79 Å². The highest BCUT2D eigenvalue weighted by molar-refractivity contribution is 6.30. The number of nitrogens with zero attached hydrogens (tertiary/aromatic N) is 1. The highest BCUT2D eigenvalue weighted by atomic mass is 35.5. The molecule has 1 aromatic heterocycles. The largest absolute Gasteiger partial charge is 0.488 e. The van der Waals surface area contributed by atoms with Crippen molar-refractivity contribution in [3.63, 3.8) is 0 Å². The fourth-order valence-electron chi connectivity index (χ4n) is 3.90. The van der Waals surface area contributed by atoms with E-state index in [4.69, 9.17) is 16.3 Å². The molecule has 4 nitrogen and oxygen atoms in total. The summed E-state index contributed by atoms with van der Waals surface area (Å²) >= 11 is 6.06. The van der Waals surface area contributed by atoms with Crippen molar-refractivity contribution in [1.82, 2.24) is 9.88 Å². The molecule has 0 saturated carbocycles. The van der Waals surface area contributed by atoms with Gasteiger partial charge in [0, 0.05) is 58.3 Å². The number of H-pyrrole nitrogens is 1. The van der Waals surface area contributed by atoms with Gasteiger partial charge >= 0.3 is 0 Å². The van der Waals surface area contributed by atoms with E-state index in [1.807, 2.05) is 47.4 Å². The molecule has 1 amide bonds. The first-order valence-electron chi connectivity index (χ1n) is 9.36. The van der Waals surface area contributed by atoms with Crippen molar-refractivity contribution < 1.29 is 9.53 Å². The number of ether oxygens (including phenoxy) is 1. The monoisotopic (exact) mass is 390 g/mol. The van der Waals surface area contributed by atoms with Gasteiger partial charge in [-0.1, -0.05) is 35.9 Å². The van der Waals surface area contributed by atoms with Gasteiger partial charge in [-0.3, -0.25) is 4.79 Å². The molecular weight excluding hydrogens is 372 g/mol. The Kier molecular flexibility index (Phi) is 4.21. The lowest BCUT2D eigenvalue weighted by molar-refractivity contribution is -0.126. The van der Waals surface area contributed by atoms with Gasteiger partial charge in [0.1, 0.15) is 12.4 Å². The maximum Gasteiger partial charge on any atom is 0.246 e. The highest BCUT2D eigenvalue weighted by Gasteiger charge is 2.22. The Morgan fingerprint density at radius 3 is 3.04 bits per heavy atom. The number of fused-ring (bicyclic) bond motifs is 4. The first kappa shape index (κ1) is 17.1. The first-order valence-corrected chi connectivity index (χ1v) is 9.73. The molecule has 2 aromatic carbocycles. The van der Waals surface area contributed by atoms with Crippen LogP contribution in [0.3, 0.4) is 0 Å². The smallest absolute Gasteiger partial charge is 0.246 e. The Bertz CT molecular complexity index is 1140. The zero-order valence-corrected chi connectivity index (χ0v) is 16.0. The summed E-state index contributed by atoms with van der Waals surface area (Å²) in [4.78, 5) is 18.1. The minimum Gasteiger partial charge on any atom is -0.488 e. The number of benzene rings is 2. The zero-order valence-electron chi connectivity index (χ0n) is 15.2. The van der Waals surface area contributed by atoms with Gasteiger partial charge in [0.05, 0.1) is 0 Å². The number of aromatic nitrogens is 1. The third kappa shape index (κ3) is 3.10. The molecule has 1 N–H and O–H groups in total. The van der Waals surface area contributed by atoms with Crippen LogP contribution in [0.5, 0.6) is 5.75 Å². The maximum atomic E-state index is 12.7. The number of aromatic amines is 1. The van der Waals surface area contributed by atoms with E-state index in [0.29, 0.717) is 18.2 Å². The van der Waals surface area contributed by atoms with Crippen molar-refractivity contribution in [2.24, 2.45) is 0 Å². The third-order valence-corrected chi connectivity index (χ3v) is 5.58. The topological polar surface area (TPSA) is 45.3 Å². The van der Waals surface area contributed by atoms with Crippen molar-refractivity contribution in [2.75, 3.05) is 13.2 Å². The lowest BCUT2D eigenvalue weighted by Gasteiger charge is -2.26. The molecule has 0 saturated heterocycles. The summed E-state index contributed by atoms with van der Waals surface area (Å²) in [5.74, 6) is 0.837. The summed E-state index contributed by atoms with van der Waals surface area (Å²) in [7, 11) is 0. The van der Waals surface area contributed by atoms with E-state index in [1.165, 1.54) is 16.6 Å². The molecule has 0 bridgehead atoms. The molecule has 5 rings (SSSR count). The second-order valence-corrected chi connectivity index (χ2v) is 7.60. The van der Waals surface area contributed by atoms with E-state index < -0.39 is 0 Å². The van der Waals surface area contributed by atoms with Crippen LogP contribution in [-0.4, -0.2) is 28.9 Å². The Labute approximate surface area is 168 Å². The number of para-hydroxylation sites is 1. The Morgan fingerprint density at radius 2 is 2.11 bits per heavy atom. The molecule has 0 spiro atoms. The number of hydrogen-bond acceptors (Lipinski definition) is 2. The standard InChI is InChI=1S/C23H19ClN2O2/c24-17-6-7-22-16(12-17)11-15(14-28-22)5-8-23(27)26-10-9-21-19(13-26)18-3-1-2-4-20(18)25-21/h1-8,11-12,25H,9-10,13-14H2/b8-5+. The van der Waals surface area contributed by atoms with Crippen molar-refractivity contribution in [2.45, 2.75) is 13.0 Å². The second kappa shape index (κ2) is 6.88. The summed E-state index contributed by atoms with van der Waals surface area (Å²) in [6.07, 6.45) is 6.35. The molecule has 0 unspecified atom stereocenters. The molecule has 2 aliphatic rings. The molecule has 0 aliphatic carbocycles. The number of nitrogens with one attached hydrogen (secondary N) is 1. The number of amides is 1. The van der Waals surface area contributed by atoms with E-state index in [2.05, 4.69) is 17.1 Å². The van der Waals surface area contributed by atoms with Crippen LogP contribution in [0, 0.1) is 0 Å². The summed E-state index contributed by atoms with van der Waals surface area (Å²) in [6, 6.07) is 13.8. The van der Waals surface area contributed by atoms with Crippen molar-refractivity contribution >= 4 is 34.5 Å². The number of rotatable bonds is 2. The average Bonchev–Trinajstić information content (AvgIpc) is 3.09. The van der Waals surface area contributed by atoms with Gasteiger partial charge in [-0.05, 0) is 35.9 Å². The summed E-state index contributed by atoms with van der Waals surface area (Å²) < 4.78 is 5.75. The van der Waals surface area contributed by atoms with Gasteiger partial charge in [-0.15, -0.1) is 0 Å². The molecule has 0 atom stereocenters. The lowest BCUT2D eigenvalue weighted by Crippen LogP contribution is -2.34. The molecule has 3 heterocycles. The summed E-state index contributed by atoms with van der Waals surface area (Å²) in [5.41, 5.74) is 5.50. The molecule has 0 radical (unpaired) electrons. The summed E-state index contributed by atoms with van der Waals surface area (Å²) in [6.45, 7) is 1.80. The van der Waals surface area contributed by atoms with Gasteiger partial charge in [0.25, 0.3) is 0 Å². The Balaban J connectivity index is 1.34. The van der Waals surface area contributed by atoms with E-state index in [0.717, 1.165) is 35.4 Å². The first-order chi connectivity index (χ1) is 13.7. The zero-order chi connectivity index (χ0) is 19.1. The highest BCUT2D eigenvalue weighted by Crippen LogP contribution is 2.30. The number of carbonyl (C=O) groups is 1. The van der Waals surface area contributed by atoms with Crippen LogP contribution in [0.25, 0.3) is 17.0 Å². The van der Waals surface area contributed by atoms with E-state index in [-0.39, 0.29) is 5.91 Å². The van der Waals surface area contributed by atoms with Crippen LogP contribution in [0.15, 0.2) is 60.2 Å². The third-order valence-electron chi connectivity index (χ3n) is 5.34. The SMILES string of the molecule is O=C(/C=C/C1=Cc2cc(Cl)ccc2OC1)N1CCc2[nH]c3ccccc3c2C1. The van der Waals surface area contributed by atoms with Crippen LogP contribution < -0.4 is 4.74 Å². The van der Waals surface area contributed by atoms with Crippen molar-refractivity contribution in [3.05, 3.63) is 82.0 Å². The van der Waals surface area contributed by atoms with Crippen molar-refractivity contribution in [1.29, 1.82) is 0 Å². The molecule has 140 valence electrons. The van der Waals surface area contributed by atoms with Gasteiger partial charge in [0.2, 0.25) is 5.91 Å². The van der Waals surface area contributed by atoms with Gasteiger partial charge in [-0.25, -0.2) is 0 Å². The normalized spacial score (nSPS) is 15.9. The molecule has 0 fully saturated rings. The Hall–Kier alpha value is -2.98. The minimum atomic E-state index is 0.0220. The fourth-order valence-corrected chi connectivity index (χ4v) is 4.08. The molecular formula is C23H19ClN2O2. The molecule has 2 aliphatic heterocycles. The number of halogens is 1. The quantitative estimate of drug-likeness (QED) is 0.642. The maximum absolute atomic E-state index is 12.7. The fraction of sp³-hybridized carbons (Fsp3) is 0.174. The molecule has 28 heavy (non-hydrogen) atoms. The van der Waals surface area contributed by atoms with Gasteiger partial charge < -0.3 is 14.6 Å². The van der Waals surface area contributed by atoms with Gasteiger partial charge in [-0.2, -0.15) is 0 Å². The Morgan fingerprint density at radius 1 is 1.21 bits per heavy atom. The minimum absolute atomic E-state index is 0.0220. The average molecular weight is 391 g/mol. The van der Waals surface area contributed by atoms with Crippen LogP contribution in [0.1, 0.15) is 16.8 Å². The predicted molar refractivity (Wildman–Crippen MR) is 111 cm³/mol. The lowest BCUT2D eigenvalue weighted by atomic mass is 10.0. The predicted octanol–water partition coefficient (Wildman–Crippen LogP) is 4.74. The van der Waals surface area contributed by atoms with Gasteiger partial charge in [0.15, 0.2) is 0 Å². The van der Waals surface area contributed by atoms with Crippen molar-refractivity contribution in [3.8, 4) is 5.75 Å². The van der Waals surface area contributed by atoms with Crippen LogP contribution in [-0.2, 0) is 17.8 Å². The molecule has 3 aromatic rings. The van der Waals surface area contributed by atoms with Crippen LogP contribution in [0.4, 0.5) is 0 Å². The molecule has 5 heteroatoms. The van der Waals surface area contributed by atoms with E-state index in [1.54, 1.807) is 6.08 Å². The van der Waals surface area contributed by atoms with Crippen LogP contribution >= 0.6 is 11.6 Å². The van der Waals surface area contributed by atoms with E-state index >= 15 is 0 Å². The number of hydrogen-bond donors (Lipinski definition) is 1. The summed E-state index contributed by atoms with van der Waals surface area (Å²) in [5, 5.41) is 1.87.